The standard InChI is InChI=1S/C27H27N5O4/c1-4-36-26(33)25-29-31(20-11-13-21(14-12-20)32(34)35)27(3)17-23(19-8-6-5-7-9-19)28-22-16-18(2)10-15-24(22)30(25)27/h5-16,32,34H,4,17H2,1-3H3/t27-/m0/s1. The molecule has 3 aromatic carbocycles. The van der Waals surface area contributed by atoms with Gasteiger partial charge in [0.1, 0.15) is 5.66 Å². The number of carbonyl (C=O) groups excluding carboxylic acids is 1. The van der Waals surface area contributed by atoms with Gasteiger partial charge in [-0.15, -0.1) is 5.10 Å². The highest BCUT2D eigenvalue weighted by atomic mass is 16.8. The molecule has 2 aliphatic heterocycles. The fourth-order valence-corrected chi connectivity index (χ4v) is 4.72. The van der Waals surface area contributed by atoms with E-state index in [1.165, 1.54) is 12.1 Å². The minimum atomic E-state index is -1.01. The van der Waals surface area contributed by atoms with Crippen molar-refractivity contribution in [1.29, 1.82) is 0 Å². The normalized spacial score (nSPS) is 19.6. The van der Waals surface area contributed by atoms with E-state index in [0.29, 0.717) is 12.1 Å². The van der Waals surface area contributed by atoms with Crippen LogP contribution in [0.5, 0.6) is 0 Å². The van der Waals surface area contributed by atoms with Crippen LogP contribution in [0.1, 0.15) is 31.4 Å². The van der Waals surface area contributed by atoms with E-state index in [4.69, 9.17) is 14.8 Å². The number of quaternary nitrogens is 1. The first-order chi connectivity index (χ1) is 17.3. The average Bonchev–Trinajstić information content (AvgIpc) is 3.10. The lowest BCUT2D eigenvalue weighted by Crippen LogP contribution is -2.99. The molecule has 9 nitrogen and oxygen atoms in total. The van der Waals surface area contributed by atoms with Crippen molar-refractivity contribution in [3.05, 3.63) is 89.1 Å². The Balaban J connectivity index is 1.71. The summed E-state index contributed by atoms with van der Waals surface area (Å²) in [6.45, 7) is 5.97. The molecule has 0 saturated carbocycles. The number of hydrogen-bond donors (Lipinski definition) is 2. The summed E-state index contributed by atoms with van der Waals surface area (Å²) in [5.74, 6) is -0.389. The van der Waals surface area contributed by atoms with Crippen LogP contribution in [0.15, 0.2) is 82.9 Å². The molecule has 2 heterocycles. The molecule has 9 heteroatoms. The molecule has 3 aromatic rings. The van der Waals surface area contributed by atoms with Gasteiger partial charge in [-0.3, -0.25) is 9.89 Å². The maximum absolute atomic E-state index is 13.2. The van der Waals surface area contributed by atoms with Gasteiger partial charge in [-0.05, 0) is 56.2 Å². The van der Waals surface area contributed by atoms with E-state index < -0.39 is 16.9 Å². The van der Waals surface area contributed by atoms with E-state index in [9.17, 15) is 15.2 Å². The summed E-state index contributed by atoms with van der Waals surface area (Å²) in [6, 6.07) is 22.3. The number of hydrogen-bond acceptors (Lipinski definition) is 8. The van der Waals surface area contributed by atoms with E-state index in [1.54, 1.807) is 24.1 Å². The van der Waals surface area contributed by atoms with Crippen molar-refractivity contribution in [2.24, 2.45) is 10.1 Å². The third-order valence-corrected chi connectivity index (χ3v) is 6.40. The zero-order valence-electron chi connectivity index (χ0n) is 20.3. The second-order valence-electron chi connectivity index (χ2n) is 8.95. The molecule has 0 aliphatic carbocycles. The van der Waals surface area contributed by atoms with Gasteiger partial charge in [-0.25, -0.2) is 15.0 Å². The molecule has 0 radical (unpaired) electrons. The highest BCUT2D eigenvalue weighted by Gasteiger charge is 2.51. The number of rotatable bonds is 5. The summed E-state index contributed by atoms with van der Waals surface area (Å²) in [6.07, 6.45) is 0.428. The van der Waals surface area contributed by atoms with Crippen molar-refractivity contribution >= 4 is 40.3 Å². The van der Waals surface area contributed by atoms with Gasteiger partial charge < -0.3 is 9.94 Å². The molecule has 184 valence electrons. The van der Waals surface area contributed by atoms with Crippen LogP contribution in [0.25, 0.3) is 0 Å². The van der Waals surface area contributed by atoms with Crippen LogP contribution in [0.2, 0.25) is 0 Å². The molecule has 0 saturated heterocycles. The van der Waals surface area contributed by atoms with Crippen LogP contribution in [-0.4, -0.2) is 35.0 Å². The second kappa shape index (κ2) is 9.19. The molecule has 1 unspecified atom stereocenters. The zero-order valence-corrected chi connectivity index (χ0v) is 20.3. The number of fused-ring (bicyclic) bond motifs is 3. The number of amidine groups is 1. The van der Waals surface area contributed by atoms with Gasteiger partial charge in [0.15, 0.2) is 5.69 Å². The van der Waals surface area contributed by atoms with Gasteiger partial charge in [-0.2, -0.15) is 5.23 Å². The molecule has 0 fully saturated rings. The SMILES string of the molecule is CCOC(=O)C1=NN(c2ccc([NH+]([O-])O)cc2)[C@@]2(C)CC(c3ccccc3)=Nc3cc(C)ccc3N12. The molecular formula is C27H27N5O4. The molecule has 36 heavy (non-hydrogen) atoms. The Kier molecular flexibility index (Phi) is 6.05. The minimum absolute atomic E-state index is 0.149. The summed E-state index contributed by atoms with van der Waals surface area (Å²) in [7, 11) is 0. The predicted octanol–water partition coefficient (Wildman–Crippen LogP) is 3.84. The summed E-state index contributed by atoms with van der Waals surface area (Å²) >= 11 is 0. The van der Waals surface area contributed by atoms with Crippen LogP contribution in [0.3, 0.4) is 0 Å². The van der Waals surface area contributed by atoms with Crippen molar-refractivity contribution in [2.75, 3.05) is 16.5 Å². The van der Waals surface area contributed by atoms with Crippen LogP contribution >= 0.6 is 0 Å². The molecule has 0 spiro atoms. The van der Waals surface area contributed by atoms with Gasteiger partial charge in [0.25, 0.3) is 0 Å². The molecular weight excluding hydrogens is 458 g/mol. The lowest BCUT2D eigenvalue weighted by atomic mass is 9.96. The quantitative estimate of drug-likeness (QED) is 0.420. The van der Waals surface area contributed by atoms with Crippen molar-refractivity contribution in [3.8, 4) is 0 Å². The van der Waals surface area contributed by atoms with Gasteiger partial charge in [0.2, 0.25) is 5.84 Å². The number of nitrogens with zero attached hydrogens (tertiary/aromatic N) is 4. The first kappa shape index (κ1) is 23.7. The molecule has 2 atom stereocenters. The maximum Gasteiger partial charge on any atom is 0.376 e. The largest absolute Gasteiger partial charge is 0.595 e. The third-order valence-electron chi connectivity index (χ3n) is 6.40. The van der Waals surface area contributed by atoms with E-state index >= 15 is 0 Å². The Labute approximate surface area is 209 Å². The summed E-state index contributed by atoms with van der Waals surface area (Å²) in [5, 5.41) is 26.3. The Morgan fingerprint density at radius 3 is 2.53 bits per heavy atom. The number of aliphatic imine (C=N–C) groups is 1. The van der Waals surface area contributed by atoms with Gasteiger partial charge in [0.05, 0.1) is 29.4 Å². The zero-order chi connectivity index (χ0) is 25.4. The highest BCUT2D eigenvalue weighted by Crippen LogP contribution is 2.46. The number of anilines is 2. The molecule has 2 aliphatic rings. The number of aryl methyl sites for hydroxylation is 1. The summed E-state index contributed by atoms with van der Waals surface area (Å²) < 4.78 is 5.39. The Bertz CT molecular complexity index is 1350. The Hall–Kier alpha value is -4.05. The maximum atomic E-state index is 13.2. The first-order valence-corrected chi connectivity index (χ1v) is 11.7. The topological polar surface area (TPSA) is 105 Å². The molecule has 5 rings (SSSR count). The first-order valence-electron chi connectivity index (χ1n) is 11.7. The van der Waals surface area contributed by atoms with E-state index in [-0.39, 0.29) is 18.1 Å². The van der Waals surface area contributed by atoms with E-state index in [0.717, 1.165) is 28.2 Å². The molecule has 0 amide bonds. The van der Waals surface area contributed by atoms with Gasteiger partial charge in [0, 0.05) is 18.6 Å². The predicted molar refractivity (Wildman–Crippen MR) is 138 cm³/mol. The number of carbonyl (C=O) groups is 1. The van der Waals surface area contributed by atoms with Crippen molar-refractivity contribution in [2.45, 2.75) is 32.9 Å². The number of benzene rings is 3. The van der Waals surface area contributed by atoms with Gasteiger partial charge in [-0.1, -0.05) is 36.4 Å². The second-order valence-corrected chi connectivity index (χ2v) is 8.95. The van der Waals surface area contributed by atoms with Crippen molar-refractivity contribution < 1.29 is 20.0 Å². The number of esters is 1. The van der Waals surface area contributed by atoms with Crippen LogP contribution in [0.4, 0.5) is 22.7 Å². The monoisotopic (exact) mass is 485 g/mol. The highest BCUT2D eigenvalue weighted by molar-refractivity contribution is 6.43. The average molecular weight is 486 g/mol. The van der Waals surface area contributed by atoms with Crippen LogP contribution < -0.4 is 15.1 Å². The minimum Gasteiger partial charge on any atom is -0.595 e. The summed E-state index contributed by atoms with van der Waals surface area (Å²) in [4.78, 5) is 20.1. The third kappa shape index (κ3) is 4.03. The van der Waals surface area contributed by atoms with E-state index in [2.05, 4.69) is 0 Å². The van der Waals surface area contributed by atoms with Crippen LogP contribution in [-0.2, 0) is 9.53 Å². The molecule has 0 bridgehead atoms. The summed E-state index contributed by atoms with van der Waals surface area (Å²) in [5.41, 5.74) is 4.28. The Morgan fingerprint density at radius 1 is 1.14 bits per heavy atom. The van der Waals surface area contributed by atoms with Gasteiger partial charge >= 0.3 is 5.97 Å². The van der Waals surface area contributed by atoms with Crippen molar-refractivity contribution in [1.82, 2.24) is 0 Å². The fraction of sp³-hybridized carbons (Fsp3) is 0.222. The Morgan fingerprint density at radius 2 is 1.86 bits per heavy atom. The number of ether oxygens (including phenoxy) is 1. The molecule has 2 N–H and O–H groups in total. The lowest BCUT2D eigenvalue weighted by Gasteiger charge is -2.41. The number of hydrazone groups is 1. The fourth-order valence-electron chi connectivity index (χ4n) is 4.72. The van der Waals surface area contributed by atoms with E-state index in [1.807, 2.05) is 67.3 Å². The van der Waals surface area contributed by atoms with Crippen LogP contribution in [0, 0.1) is 12.1 Å². The number of nitrogens with one attached hydrogen (secondary N) is 1. The smallest absolute Gasteiger partial charge is 0.376 e. The molecule has 0 aromatic heterocycles. The van der Waals surface area contributed by atoms with Crippen molar-refractivity contribution in [3.63, 3.8) is 0 Å². The lowest BCUT2D eigenvalue weighted by molar-refractivity contribution is -0.991.